The molecule has 0 N–H and O–H groups in total. The van der Waals surface area contributed by atoms with Crippen molar-refractivity contribution in [2.75, 3.05) is 40.6 Å². The van der Waals surface area contributed by atoms with Gasteiger partial charge in [0.25, 0.3) is 0 Å². The van der Waals surface area contributed by atoms with Crippen LogP contribution in [0.5, 0.6) is 17.2 Å². The van der Waals surface area contributed by atoms with Crippen molar-refractivity contribution in [3.63, 3.8) is 0 Å². The molecule has 5 aromatic rings. The van der Waals surface area contributed by atoms with E-state index in [2.05, 4.69) is 0 Å². The summed E-state index contributed by atoms with van der Waals surface area (Å²) in [6.07, 6.45) is 0.127. The van der Waals surface area contributed by atoms with E-state index in [0.29, 0.717) is 30.2 Å². The Labute approximate surface area is 250 Å². The second kappa shape index (κ2) is 13.4. The Bertz CT molecular complexity index is 1680. The van der Waals surface area contributed by atoms with Gasteiger partial charge in [0.05, 0.1) is 37.7 Å². The third-order valence-electron chi connectivity index (χ3n) is 7.37. The smallest absolute Gasteiger partial charge is 0.227 e. The average Bonchev–Trinajstić information content (AvgIpc) is 3.42. The van der Waals surface area contributed by atoms with Crippen LogP contribution in [0.2, 0.25) is 0 Å². The molecule has 0 saturated carbocycles. The Balaban J connectivity index is 1.75. The van der Waals surface area contributed by atoms with Gasteiger partial charge in [-0.05, 0) is 92.7 Å². The number of aromatic nitrogens is 3. The maximum atomic E-state index is 13.5. The zero-order chi connectivity index (χ0) is 30.3. The van der Waals surface area contributed by atoms with E-state index in [9.17, 15) is 9.18 Å². The van der Waals surface area contributed by atoms with Gasteiger partial charge in [0.15, 0.2) is 5.65 Å². The molecule has 2 aromatic heterocycles. The molecule has 0 fully saturated rings. The third kappa shape index (κ3) is 6.30. The van der Waals surface area contributed by atoms with Crippen LogP contribution in [0.1, 0.15) is 19.4 Å². The first-order chi connectivity index (χ1) is 21.0. The zero-order valence-electron chi connectivity index (χ0n) is 24.8. The van der Waals surface area contributed by atoms with Crippen LogP contribution in [0.3, 0.4) is 0 Å². The number of carbonyl (C=O) groups excluding carboxylic acids is 1. The summed E-state index contributed by atoms with van der Waals surface area (Å²) < 4.78 is 30.7. The zero-order valence-corrected chi connectivity index (χ0v) is 24.8. The molecule has 0 bridgehead atoms. The van der Waals surface area contributed by atoms with Crippen LogP contribution in [-0.2, 0) is 11.2 Å². The van der Waals surface area contributed by atoms with Crippen LogP contribution < -0.4 is 14.2 Å². The normalized spacial score (nSPS) is 11.0. The minimum atomic E-state index is -0.567. The van der Waals surface area contributed by atoms with Gasteiger partial charge in [-0.25, -0.2) is 13.9 Å². The first-order valence-electron chi connectivity index (χ1n) is 14.3. The molecule has 0 unspecified atom stereocenters. The van der Waals surface area contributed by atoms with E-state index in [-0.39, 0.29) is 18.9 Å². The molecule has 8 nitrogen and oxygen atoms in total. The number of rotatable bonds is 12. The standard InChI is InChI=1S/C34H35FN4O4/c1-5-38(6-2)32(40)21-29-33(25-11-17-28(18-12-25)43-20-19-35)37-39-31(24-9-15-27(42-4)16-10-24)22-30(36-34(29)39)23-7-13-26(41-3)14-8-23/h7-18,22H,5-6,19-21H2,1-4H3. The van der Waals surface area contributed by atoms with Crippen LogP contribution >= 0.6 is 0 Å². The van der Waals surface area contributed by atoms with Crippen molar-refractivity contribution in [2.24, 2.45) is 0 Å². The molecule has 0 spiro atoms. The molecule has 5 rings (SSSR count). The summed E-state index contributed by atoms with van der Waals surface area (Å²) in [5.74, 6) is 2.04. The number of fused-ring (bicyclic) bond motifs is 1. The molecule has 0 aliphatic heterocycles. The van der Waals surface area contributed by atoms with E-state index in [1.54, 1.807) is 31.3 Å². The van der Waals surface area contributed by atoms with E-state index in [1.165, 1.54) is 0 Å². The summed E-state index contributed by atoms with van der Waals surface area (Å²) in [6, 6.07) is 24.8. The van der Waals surface area contributed by atoms with Crippen molar-refractivity contribution in [1.29, 1.82) is 0 Å². The number of hydrogen-bond donors (Lipinski definition) is 0. The molecular formula is C34H35FN4O4. The van der Waals surface area contributed by atoms with Gasteiger partial charge < -0.3 is 19.1 Å². The summed E-state index contributed by atoms with van der Waals surface area (Å²) in [5.41, 5.74) is 6.11. The van der Waals surface area contributed by atoms with Crippen LogP contribution in [0, 0.1) is 0 Å². The lowest BCUT2D eigenvalue weighted by molar-refractivity contribution is -0.130. The number of nitrogens with zero attached hydrogens (tertiary/aromatic N) is 4. The summed E-state index contributed by atoms with van der Waals surface area (Å²) >= 11 is 0. The van der Waals surface area contributed by atoms with Crippen LogP contribution in [-0.4, -0.2) is 66.0 Å². The maximum Gasteiger partial charge on any atom is 0.227 e. The van der Waals surface area contributed by atoms with E-state index in [1.807, 2.05) is 85.1 Å². The molecule has 0 saturated heterocycles. The van der Waals surface area contributed by atoms with Crippen LogP contribution in [0.4, 0.5) is 4.39 Å². The van der Waals surface area contributed by atoms with Crippen molar-refractivity contribution >= 4 is 11.6 Å². The molecule has 0 aliphatic rings. The Hall–Kier alpha value is -4.92. The summed E-state index contributed by atoms with van der Waals surface area (Å²) in [7, 11) is 3.27. The molecule has 3 aromatic carbocycles. The minimum absolute atomic E-state index is 0.00769. The van der Waals surface area contributed by atoms with E-state index in [4.69, 9.17) is 24.3 Å². The lowest BCUT2D eigenvalue weighted by Crippen LogP contribution is -2.31. The predicted octanol–water partition coefficient (Wildman–Crippen LogP) is 6.51. The second-order valence-corrected chi connectivity index (χ2v) is 9.85. The largest absolute Gasteiger partial charge is 0.497 e. The molecule has 0 radical (unpaired) electrons. The molecule has 43 heavy (non-hydrogen) atoms. The van der Waals surface area contributed by atoms with Crippen molar-refractivity contribution in [3.8, 4) is 51.0 Å². The van der Waals surface area contributed by atoms with Gasteiger partial charge >= 0.3 is 0 Å². The number of methoxy groups -OCH3 is 2. The van der Waals surface area contributed by atoms with Gasteiger partial charge in [-0.2, -0.15) is 5.10 Å². The number of benzene rings is 3. The highest BCUT2D eigenvalue weighted by Crippen LogP contribution is 2.34. The number of alkyl halides is 1. The second-order valence-electron chi connectivity index (χ2n) is 9.85. The summed E-state index contributed by atoms with van der Waals surface area (Å²) in [5, 5.41) is 5.05. The van der Waals surface area contributed by atoms with Gasteiger partial charge in [-0.1, -0.05) is 0 Å². The van der Waals surface area contributed by atoms with Crippen molar-refractivity contribution in [1.82, 2.24) is 19.5 Å². The van der Waals surface area contributed by atoms with Gasteiger partial charge in [0.2, 0.25) is 5.91 Å². The van der Waals surface area contributed by atoms with Crippen LogP contribution in [0.25, 0.3) is 39.4 Å². The Morgan fingerprint density at radius 3 is 1.93 bits per heavy atom. The van der Waals surface area contributed by atoms with Crippen molar-refractivity contribution < 1.29 is 23.4 Å². The number of halogens is 1. The Morgan fingerprint density at radius 2 is 1.37 bits per heavy atom. The summed E-state index contributed by atoms with van der Waals surface area (Å²) in [4.78, 5) is 20.4. The van der Waals surface area contributed by atoms with Crippen molar-refractivity contribution in [2.45, 2.75) is 20.3 Å². The monoisotopic (exact) mass is 582 g/mol. The first kappa shape index (κ1) is 29.6. The number of ether oxygens (including phenoxy) is 3. The molecule has 0 aliphatic carbocycles. The molecule has 2 heterocycles. The lowest BCUT2D eigenvalue weighted by atomic mass is 10.0. The quantitative estimate of drug-likeness (QED) is 0.167. The lowest BCUT2D eigenvalue weighted by Gasteiger charge is -2.18. The van der Waals surface area contributed by atoms with Gasteiger partial charge in [0.1, 0.15) is 30.5 Å². The van der Waals surface area contributed by atoms with E-state index < -0.39 is 6.67 Å². The van der Waals surface area contributed by atoms with Gasteiger partial charge in [0, 0.05) is 35.3 Å². The topological polar surface area (TPSA) is 78.2 Å². The Morgan fingerprint density at radius 1 is 0.814 bits per heavy atom. The SMILES string of the molecule is CCN(CC)C(=O)Cc1c(-c2ccc(OCCF)cc2)nn2c(-c3ccc(OC)cc3)cc(-c3ccc(OC)cc3)nc12. The van der Waals surface area contributed by atoms with Crippen LogP contribution in [0.15, 0.2) is 78.9 Å². The fraction of sp³-hybridized carbons (Fsp3) is 0.265. The molecule has 222 valence electrons. The highest BCUT2D eigenvalue weighted by atomic mass is 19.1. The van der Waals surface area contributed by atoms with Gasteiger partial charge in [-0.3, -0.25) is 4.79 Å². The predicted molar refractivity (Wildman–Crippen MR) is 166 cm³/mol. The van der Waals surface area contributed by atoms with Gasteiger partial charge in [-0.15, -0.1) is 0 Å². The number of amides is 1. The fourth-order valence-corrected chi connectivity index (χ4v) is 5.04. The molecular weight excluding hydrogens is 547 g/mol. The first-order valence-corrected chi connectivity index (χ1v) is 14.3. The third-order valence-corrected chi connectivity index (χ3v) is 7.37. The van der Waals surface area contributed by atoms with E-state index >= 15 is 0 Å². The maximum absolute atomic E-state index is 13.5. The highest BCUT2D eigenvalue weighted by Gasteiger charge is 2.24. The highest BCUT2D eigenvalue weighted by molar-refractivity contribution is 5.86. The molecule has 1 amide bonds. The molecule has 0 atom stereocenters. The average molecular weight is 583 g/mol. The summed E-state index contributed by atoms with van der Waals surface area (Å²) in [6.45, 7) is 4.56. The molecule has 9 heteroatoms. The number of hydrogen-bond acceptors (Lipinski definition) is 6. The Kier molecular flexibility index (Phi) is 9.20. The van der Waals surface area contributed by atoms with E-state index in [0.717, 1.165) is 45.1 Å². The fourth-order valence-electron chi connectivity index (χ4n) is 5.04. The number of likely N-dealkylation sites (N-methyl/N-ethyl adjacent to an activating group) is 1. The van der Waals surface area contributed by atoms with Crippen molar-refractivity contribution in [3.05, 3.63) is 84.4 Å². The number of carbonyl (C=O) groups is 1. The minimum Gasteiger partial charge on any atom is -0.497 e.